The Morgan fingerprint density at radius 3 is 2.48 bits per heavy atom. The Hall–Kier alpha value is -5.00. The summed E-state index contributed by atoms with van der Waals surface area (Å²) >= 11 is 0. The van der Waals surface area contributed by atoms with E-state index in [1.165, 1.54) is 6.07 Å². The Bertz CT molecular complexity index is 1930. The van der Waals surface area contributed by atoms with Gasteiger partial charge in [-0.1, -0.05) is 12.1 Å². The van der Waals surface area contributed by atoms with Crippen LogP contribution in [0.3, 0.4) is 0 Å². The maximum absolute atomic E-state index is 15.0. The van der Waals surface area contributed by atoms with Gasteiger partial charge < -0.3 is 5.32 Å². The largest absolute Gasteiger partial charge is 0.383 e. The summed E-state index contributed by atoms with van der Waals surface area (Å²) in [5, 5.41) is 10.3. The minimum Gasteiger partial charge on any atom is -0.383 e. The highest BCUT2D eigenvalue weighted by Gasteiger charge is 2.45. The number of fused-ring (bicyclic) bond motifs is 2. The molecule has 2 saturated carbocycles. The molecule has 2 aliphatic carbocycles. The SMILES string of the molecule is O=C1CCC(N2C(=O)c3cc(F)c(NCCCC4CC(n5cc(-c6cnc7ccccc7n6)c(C6CC6)n5)C4)cc3C2=O)C(=O)N1. The Labute approximate surface area is 263 Å². The lowest BCUT2D eigenvalue weighted by Crippen LogP contribution is -2.54. The van der Waals surface area contributed by atoms with E-state index in [1.807, 2.05) is 30.5 Å². The monoisotopic (exact) mass is 621 g/mol. The molecule has 2 aromatic heterocycles. The zero-order chi connectivity index (χ0) is 31.5. The number of aromatic nitrogens is 4. The predicted octanol–water partition coefficient (Wildman–Crippen LogP) is 4.75. The summed E-state index contributed by atoms with van der Waals surface area (Å²) in [6.07, 6.45) is 10.2. The van der Waals surface area contributed by atoms with Gasteiger partial charge in [-0.05, 0) is 75.1 Å². The van der Waals surface area contributed by atoms with Crippen LogP contribution in [0.2, 0.25) is 0 Å². The van der Waals surface area contributed by atoms with Crippen LogP contribution in [-0.4, -0.2) is 60.9 Å². The summed E-state index contributed by atoms with van der Waals surface area (Å²) < 4.78 is 17.1. The molecule has 11 nitrogen and oxygen atoms in total. The fourth-order valence-corrected chi connectivity index (χ4v) is 6.93. The van der Waals surface area contributed by atoms with Crippen molar-refractivity contribution in [1.29, 1.82) is 0 Å². The highest BCUT2D eigenvalue weighted by Crippen LogP contribution is 2.46. The number of hydrogen-bond donors (Lipinski definition) is 2. The molecule has 0 radical (unpaired) electrons. The number of nitrogens with zero attached hydrogens (tertiary/aromatic N) is 5. The van der Waals surface area contributed by atoms with Crippen molar-refractivity contribution < 1.29 is 23.6 Å². The number of anilines is 1. The molecule has 1 atom stereocenters. The fraction of sp³-hybridized carbons (Fsp3) is 0.382. The first-order valence-electron chi connectivity index (χ1n) is 15.9. The molecule has 4 heterocycles. The third-order valence-electron chi connectivity index (χ3n) is 9.67. The number of piperidine rings is 1. The van der Waals surface area contributed by atoms with Gasteiger partial charge in [0, 0.05) is 30.6 Å². The van der Waals surface area contributed by atoms with E-state index in [0.717, 1.165) is 77.5 Å². The molecule has 12 heteroatoms. The zero-order valence-electron chi connectivity index (χ0n) is 25.0. The second kappa shape index (κ2) is 11.1. The number of imide groups is 2. The van der Waals surface area contributed by atoms with Crippen LogP contribution >= 0.6 is 0 Å². The van der Waals surface area contributed by atoms with E-state index in [0.29, 0.717) is 24.4 Å². The summed E-state index contributed by atoms with van der Waals surface area (Å²) in [6.45, 7) is 0.508. The number of nitrogens with one attached hydrogen (secondary N) is 2. The van der Waals surface area contributed by atoms with E-state index in [9.17, 15) is 23.6 Å². The first-order valence-corrected chi connectivity index (χ1v) is 15.9. The van der Waals surface area contributed by atoms with Crippen LogP contribution in [0.5, 0.6) is 0 Å². The first-order chi connectivity index (χ1) is 22.3. The van der Waals surface area contributed by atoms with Crippen LogP contribution in [0, 0.1) is 11.7 Å². The number of rotatable bonds is 9. The molecule has 0 bridgehead atoms. The molecule has 1 saturated heterocycles. The van der Waals surface area contributed by atoms with Crippen molar-refractivity contribution in [3.8, 4) is 11.3 Å². The highest BCUT2D eigenvalue weighted by atomic mass is 19.1. The number of halogens is 1. The molecule has 2 aromatic carbocycles. The van der Waals surface area contributed by atoms with Crippen molar-refractivity contribution in [3.05, 3.63) is 71.4 Å². The van der Waals surface area contributed by atoms with Crippen LogP contribution in [-0.2, 0) is 9.59 Å². The maximum atomic E-state index is 15.0. The van der Waals surface area contributed by atoms with Gasteiger partial charge in [0.05, 0.1) is 51.5 Å². The van der Waals surface area contributed by atoms with Gasteiger partial charge in [0.2, 0.25) is 11.8 Å². The number of carbonyl (C=O) groups excluding carboxylic acids is 4. The Kier molecular flexibility index (Phi) is 6.88. The number of para-hydroxylation sites is 2. The molecule has 0 spiro atoms. The van der Waals surface area contributed by atoms with Gasteiger partial charge >= 0.3 is 0 Å². The second-order valence-electron chi connectivity index (χ2n) is 12.8. The minimum absolute atomic E-state index is 0.0255. The third-order valence-corrected chi connectivity index (χ3v) is 9.67. The molecule has 4 amide bonds. The van der Waals surface area contributed by atoms with Gasteiger partial charge in [-0.3, -0.25) is 39.1 Å². The topological polar surface area (TPSA) is 139 Å². The van der Waals surface area contributed by atoms with Crippen molar-refractivity contribution in [2.75, 3.05) is 11.9 Å². The second-order valence-corrected chi connectivity index (χ2v) is 12.8. The predicted molar refractivity (Wildman–Crippen MR) is 165 cm³/mol. The van der Waals surface area contributed by atoms with Crippen molar-refractivity contribution >= 4 is 40.3 Å². The van der Waals surface area contributed by atoms with Gasteiger partial charge in [-0.25, -0.2) is 9.37 Å². The molecule has 2 aliphatic heterocycles. The number of benzene rings is 2. The van der Waals surface area contributed by atoms with E-state index < -0.39 is 35.5 Å². The third kappa shape index (κ3) is 5.01. The molecule has 8 rings (SSSR count). The molecular weight excluding hydrogens is 589 g/mol. The van der Waals surface area contributed by atoms with E-state index in [4.69, 9.17) is 10.1 Å². The van der Waals surface area contributed by atoms with Crippen LogP contribution in [0.15, 0.2) is 48.8 Å². The molecule has 1 unspecified atom stereocenters. The van der Waals surface area contributed by atoms with Gasteiger partial charge in [0.25, 0.3) is 11.8 Å². The quantitative estimate of drug-likeness (QED) is 0.202. The summed E-state index contributed by atoms with van der Waals surface area (Å²) in [5.41, 5.74) is 4.94. The zero-order valence-corrected chi connectivity index (χ0v) is 25.0. The molecular formula is C34H32FN7O4. The Balaban J connectivity index is 0.866. The van der Waals surface area contributed by atoms with Crippen molar-refractivity contribution in [2.45, 2.75) is 69.4 Å². The molecule has 4 aliphatic rings. The normalized spacial score (nSPS) is 22.6. The minimum atomic E-state index is -1.09. The van der Waals surface area contributed by atoms with Gasteiger partial charge in [-0.2, -0.15) is 5.10 Å². The number of amides is 4. The van der Waals surface area contributed by atoms with Gasteiger partial charge in [-0.15, -0.1) is 0 Å². The summed E-state index contributed by atoms with van der Waals surface area (Å²) in [4.78, 5) is 60.1. The summed E-state index contributed by atoms with van der Waals surface area (Å²) in [5.74, 6) is -2.13. The van der Waals surface area contributed by atoms with E-state index in [-0.39, 0.29) is 29.7 Å². The smallest absolute Gasteiger partial charge is 0.262 e. The molecule has 2 N–H and O–H groups in total. The van der Waals surface area contributed by atoms with Crippen LogP contribution < -0.4 is 10.6 Å². The van der Waals surface area contributed by atoms with E-state index in [2.05, 4.69) is 26.5 Å². The standard InChI is InChI=1S/C34H32FN7O4/c35-24-14-21-22(34(46)42(33(21)45)29-9-10-30(43)39-32(29)44)15-27(24)36-11-3-4-18-12-20(13-18)41-17-23(31(40-41)19-7-8-19)28-16-37-25-5-1-2-6-26(25)38-28/h1-2,5-6,14-20,29,36H,3-4,7-13H2,(H,39,43,44). The average Bonchev–Trinajstić information content (AvgIpc) is 3.74. The van der Waals surface area contributed by atoms with E-state index in [1.54, 1.807) is 0 Å². The fourth-order valence-electron chi connectivity index (χ4n) is 6.93. The lowest BCUT2D eigenvalue weighted by atomic mass is 9.77. The average molecular weight is 622 g/mol. The van der Waals surface area contributed by atoms with Crippen LogP contribution in [0.4, 0.5) is 10.1 Å². The molecule has 234 valence electrons. The molecule has 3 fully saturated rings. The molecule has 46 heavy (non-hydrogen) atoms. The van der Waals surface area contributed by atoms with Gasteiger partial charge in [0.1, 0.15) is 11.9 Å². The summed E-state index contributed by atoms with van der Waals surface area (Å²) in [6, 6.07) is 9.53. The van der Waals surface area contributed by atoms with Gasteiger partial charge in [0.15, 0.2) is 0 Å². The van der Waals surface area contributed by atoms with Crippen molar-refractivity contribution in [3.63, 3.8) is 0 Å². The lowest BCUT2D eigenvalue weighted by Gasteiger charge is -2.35. The Morgan fingerprint density at radius 2 is 1.72 bits per heavy atom. The van der Waals surface area contributed by atoms with Crippen LogP contribution in [0.25, 0.3) is 22.3 Å². The van der Waals surface area contributed by atoms with Crippen LogP contribution in [0.1, 0.15) is 89.7 Å². The highest BCUT2D eigenvalue weighted by molar-refractivity contribution is 6.23. The number of hydrogen-bond acceptors (Lipinski definition) is 8. The molecule has 4 aromatic rings. The summed E-state index contributed by atoms with van der Waals surface area (Å²) in [7, 11) is 0. The maximum Gasteiger partial charge on any atom is 0.262 e. The van der Waals surface area contributed by atoms with Crippen molar-refractivity contribution in [1.82, 2.24) is 30.0 Å². The Morgan fingerprint density at radius 1 is 0.957 bits per heavy atom. The van der Waals surface area contributed by atoms with E-state index >= 15 is 0 Å². The number of carbonyl (C=O) groups is 4. The lowest BCUT2D eigenvalue weighted by molar-refractivity contribution is -0.136. The first kappa shape index (κ1) is 28.5. The van der Waals surface area contributed by atoms with Crippen molar-refractivity contribution in [2.24, 2.45) is 5.92 Å².